The number of rotatable bonds is 3. The average molecular weight is 448 g/mol. The molecule has 7 nitrogen and oxygen atoms in total. The molecule has 2 aliphatic rings. The number of aromatic nitrogens is 4. The van der Waals surface area contributed by atoms with Crippen molar-refractivity contribution < 1.29 is 14.0 Å². The number of nitrogens with zero attached hydrogens (tertiary/aromatic N) is 5. The lowest BCUT2D eigenvalue weighted by atomic mass is 9.80. The lowest BCUT2D eigenvalue weighted by Crippen LogP contribution is -2.50. The van der Waals surface area contributed by atoms with Crippen LogP contribution in [0.5, 0.6) is 0 Å². The third-order valence-electron chi connectivity index (χ3n) is 7.33. The fraction of sp³-hybridized carbons (Fsp3) is 0.400. The summed E-state index contributed by atoms with van der Waals surface area (Å²) in [6.45, 7) is 5.96. The second kappa shape index (κ2) is 7.12. The minimum atomic E-state index is -0.960. The maximum Gasteiger partial charge on any atom is 0.158 e. The molecule has 0 radical (unpaired) electrons. The summed E-state index contributed by atoms with van der Waals surface area (Å²) < 4.78 is 20.6. The van der Waals surface area contributed by atoms with Gasteiger partial charge >= 0.3 is 0 Å². The SMILES string of the molecule is Cc1cc(-c2cc3nc(C)c(C)c(N4[C@H]5CC[C@H]4CC(O)(c4ccc(F)cc4)C5)n3n2)no1. The number of benzene rings is 1. The van der Waals surface area contributed by atoms with Crippen molar-refractivity contribution in [1.82, 2.24) is 19.8 Å². The van der Waals surface area contributed by atoms with Gasteiger partial charge < -0.3 is 14.5 Å². The van der Waals surface area contributed by atoms with Gasteiger partial charge in [0.1, 0.15) is 28.8 Å². The van der Waals surface area contributed by atoms with Crippen LogP contribution in [0.2, 0.25) is 0 Å². The molecule has 3 aromatic heterocycles. The van der Waals surface area contributed by atoms with E-state index in [4.69, 9.17) is 14.6 Å². The summed E-state index contributed by atoms with van der Waals surface area (Å²) in [6, 6.07) is 10.4. The number of hydrogen-bond donors (Lipinski definition) is 1. The number of halogens is 1. The Morgan fingerprint density at radius 3 is 2.36 bits per heavy atom. The molecular formula is C25H26FN5O2. The van der Waals surface area contributed by atoms with Crippen molar-refractivity contribution >= 4 is 11.5 Å². The van der Waals surface area contributed by atoms with E-state index in [0.29, 0.717) is 18.5 Å². The average Bonchev–Trinajstić information content (AvgIpc) is 3.46. The van der Waals surface area contributed by atoms with E-state index in [0.717, 1.165) is 52.6 Å². The van der Waals surface area contributed by atoms with Gasteiger partial charge in [0.2, 0.25) is 0 Å². The smallest absolute Gasteiger partial charge is 0.158 e. The highest BCUT2D eigenvalue weighted by atomic mass is 19.1. The summed E-state index contributed by atoms with van der Waals surface area (Å²) in [4.78, 5) is 7.20. The van der Waals surface area contributed by atoms with Crippen LogP contribution in [0, 0.1) is 26.6 Å². The quantitative estimate of drug-likeness (QED) is 0.499. The Labute approximate surface area is 190 Å². The molecule has 1 N–H and O–H groups in total. The van der Waals surface area contributed by atoms with Gasteiger partial charge in [0.15, 0.2) is 5.65 Å². The Balaban J connectivity index is 1.43. The molecule has 2 saturated heterocycles. The van der Waals surface area contributed by atoms with Crippen LogP contribution < -0.4 is 4.90 Å². The first kappa shape index (κ1) is 20.4. The zero-order chi connectivity index (χ0) is 22.9. The molecule has 5 heterocycles. The molecule has 2 aliphatic heterocycles. The molecule has 2 fully saturated rings. The van der Waals surface area contributed by atoms with Crippen molar-refractivity contribution in [3.8, 4) is 11.4 Å². The predicted molar refractivity (Wildman–Crippen MR) is 122 cm³/mol. The molecule has 0 unspecified atom stereocenters. The topological polar surface area (TPSA) is 79.7 Å². The van der Waals surface area contributed by atoms with Gasteiger partial charge in [-0.1, -0.05) is 17.3 Å². The highest BCUT2D eigenvalue weighted by molar-refractivity contribution is 5.65. The lowest BCUT2D eigenvalue weighted by Gasteiger charge is -2.45. The van der Waals surface area contributed by atoms with Gasteiger partial charge in [-0.2, -0.15) is 9.61 Å². The fourth-order valence-corrected chi connectivity index (χ4v) is 5.66. The van der Waals surface area contributed by atoms with Crippen molar-refractivity contribution in [3.63, 3.8) is 0 Å². The first-order valence-electron chi connectivity index (χ1n) is 11.4. The summed E-state index contributed by atoms with van der Waals surface area (Å²) >= 11 is 0. The Bertz CT molecular complexity index is 1350. The molecule has 6 rings (SSSR count). The fourth-order valence-electron chi connectivity index (χ4n) is 5.66. The van der Waals surface area contributed by atoms with Gasteiger partial charge in [-0.05, 0) is 51.3 Å². The highest BCUT2D eigenvalue weighted by Gasteiger charge is 2.49. The molecule has 1 aromatic carbocycles. The van der Waals surface area contributed by atoms with E-state index < -0.39 is 5.60 Å². The minimum Gasteiger partial charge on any atom is -0.385 e. The summed E-state index contributed by atoms with van der Waals surface area (Å²) in [5.74, 6) is 1.47. The Hall–Kier alpha value is -3.26. The van der Waals surface area contributed by atoms with Gasteiger partial charge in [0, 0.05) is 48.3 Å². The molecule has 0 amide bonds. The highest BCUT2D eigenvalue weighted by Crippen LogP contribution is 2.48. The van der Waals surface area contributed by atoms with E-state index in [2.05, 4.69) is 17.0 Å². The van der Waals surface area contributed by atoms with Crippen LogP contribution in [0.4, 0.5) is 10.2 Å². The summed E-state index contributed by atoms with van der Waals surface area (Å²) in [7, 11) is 0. The normalized spacial score (nSPS) is 24.7. The Morgan fingerprint density at radius 2 is 1.73 bits per heavy atom. The zero-order valence-electron chi connectivity index (χ0n) is 18.9. The summed E-state index contributed by atoms with van der Waals surface area (Å²) in [5, 5.41) is 20.5. The monoisotopic (exact) mass is 447 g/mol. The number of hydrogen-bond acceptors (Lipinski definition) is 6. The number of aryl methyl sites for hydroxylation is 2. The van der Waals surface area contributed by atoms with Crippen LogP contribution >= 0.6 is 0 Å². The Kier molecular flexibility index (Phi) is 4.39. The zero-order valence-corrected chi connectivity index (χ0v) is 18.9. The second-order valence-corrected chi connectivity index (χ2v) is 9.51. The van der Waals surface area contributed by atoms with Crippen molar-refractivity contribution in [2.24, 2.45) is 0 Å². The molecule has 33 heavy (non-hydrogen) atoms. The van der Waals surface area contributed by atoms with Crippen LogP contribution in [0.15, 0.2) is 40.9 Å². The van der Waals surface area contributed by atoms with E-state index in [1.54, 1.807) is 12.1 Å². The standard InChI is InChI=1S/C25H26FN5O2/c1-14-10-22(29-33-14)21-11-23-27-16(3)15(2)24(31(23)28-21)30-19-8-9-20(30)13-25(32,12-19)17-4-6-18(26)7-5-17/h4-7,10-11,19-20,32H,8-9,12-13H2,1-3H3/t19-,20-/m0/s1. The Morgan fingerprint density at radius 1 is 1.03 bits per heavy atom. The second-order valence-electron chi connectivity index (χ2n) is 9.51. The van der Waals surface area contributed by atoms with Gasteiger partial charge in [-0.15, -0.1) is 0 Å². The van der Waals surface area contributed by atoms with Gasteiger partial charge in [-0.3, -0.25) is 0 Å². The number of piperidine rings is 1. The van der Waals surface area contributed by atoms with Crippen LogP contribution in [-0.4, -0.2) is 36.9 Å². The summed E-state index contributed by atoms with van der Waals surface area (Å²) in [6.07, 6.45) is 3.17. The van der Waals surface area contributed by atoms with Crippen molar-refractivity contribution in [2.45, 2.75) is 64.1 Å². The molecule has 0 aliphatic carbocycles. The third-order valence-corrected chi connectivity index (χ3v) is 7.33. The number of aliphatic hydroxyl groups is 1. The molecule has 4 aromatic rings. The van der Waals surface area contributed by atoms with Crippen molar-refractivity contribution in [2.75, 3.05) is 4.90 Å². The van der Waals surface area contributed by atoms with E-state index in [1.165, 1.54) is 12.1 Å². The largest absolute Gasteiger partial charge is 0.385 e. The number of fused-ring (bicyclic) bond motifs is 3. The van der Waals surface area contributed by atoms with E-state index in [1.807, 2.05) is 30.5 Å². The first-order valence-corrected chi connectivity index (χ1v) is 11.4. The molecular weight excluding hydrogens is 421 g/mol. The minimum absolute atomic E-state index is 0.157. The van der Waals surface area contributed by atoms with E-state index in [-0.39, 0.29) is 17.9 Å². The van der Waals surface area contributed by atoms with Gasteiger partial charge in [0.25, 0.3) is 0 Å². The van der Waals surface area contributed by atoms with Crippen LogP contribution in [0.3, 0.4) is 0 Å². The van der Waals surface area contributed by atoms with Crippen LogP contribution in [0.1, 0.15) is 48.3 Å². The van der Waals surface area contributed by atoms with Crippen LogP contribution in [0.25, 0.3) is 17.0 Å². The van der Waals surface area contributed by atoms with Crippen molar-refractivity contribution in [1.29, 1.82) is 0 Å². The molecule has 0 saturated carbocycles. The molecule has 170 valence electrons. The third kappa shape index (κ3) is 3.15. The van der Waals surface area contributed by atoms with Gasteiger partial charge in [-0.25, -0.2) is 9.37 Å². The molecule has 8 heteroatoms. The van der Waals surface area contributed by atoms with Gasteiger partial charge in [0.05, 0.1) is 5.60 Å². The maximum atomic E-state index is 13.5. The number of anilines is 1. The van der Waals surface area contributed by atoms with Crippen LogP contribution in [-0.2, 0) is 5.60 Å². The van der Waals surface area contributed by atoms with Crippen molar-refractivity contribution in [3.05, 3.63) is 64.8 Å². The van der Waals surface area contributed by atoms with E-state index in [9.17, 15) is 9.50 Å². The summed E-state index contributed by atoms with van der Waals surface area (Å²) in [5.41, 5.74) is 4.04. The lowest BCUT2D eigenvalue weighted by molar-refractivity contribution is -0.00335. The first-order chi connectivity index (χ1) is 15.8. The van der Waals surface area contributed by atoms with E-state index >= 15 is 0 Å². The maximum absolute atomic E-state index is 13.5. The molecule has 2 atom stereocenters. The predicted octanol–water partition coefficient (Wildman–Crippen LogP) is 4.47. The molecule has 2 bridgehead atoms. The molecule has 0 spiro atoms.